The van der Waals surface area contributed by atoms with E-state index in [-0.39, 0.29) is 10.8 Å². The molecule has 0 aliphatic rings. The van der Waals surface area contributed by atoms with Crippen LogP contribution in [0.3, 0.4) is 0 Å². The standard InChI is InChI=1S/C6H2N6O2S/c7-1-4-9-3-11(10-4)6-8-2-5(15-6)12(13)14/h2-3H. The molecule has 0 atom stereocenters. The van der Waals surface area contributed by atoms with Gasteiger partial charge in [0.1, 0.15) is 18.6 Å². The molecular weight excluding hydrogens is 220 g/mol. The van der Waals surface area contributed by atoms with Crippen LogP contribution >= 0.6 is 11.3 Å². The molecule has 0 amide bonds. The molecule has 0 saturated heterocycles. The number of nitro groups is 1. The Morgan fingerprint density at radius 3 is 2.93 bits per heavy atom. The van der Waals surface area contributed by atoms with Gasteiger partial charge in [0.05, 0.1) is 4.92 Å². The van der Waals surface area contributed by atoms with Crippen molar-refractivity contribution in [3.05, 3.63) is 28.5 Å². The average Bonchev–Trinajstić information content (AvgIpc) is 2.86. The Kier molecular flexibility index (Phi) is 2.11. The van der Waals surface area contributed by atoms with Crippen molar-refractivity contribution in [2.75, 3.05) is 0 Å². The molecule has 0 aromatic carbocycles. The van der Waals surface area contributed by atoms with Gasteiger partial charge in [0, 0.05) is 0 Å². The molecule has 9 heteroatoms. The first-order valence-electron chi connectivity index (χ1n) is 3.63. The minimum Gasteiger partial charge on any atom is -0.257 e. The Morgan fingerprint density at radius 2 is 2.40 bits per heavy atom. The highest BCUT2D eigenvalue weighted by Gasteiger charge is 2.13. The van der Waals surface area contributed by atoms with Crippen molar-refractivity contribution in [1.82, 2.24) is 19.7 Å². The maximum atomic E-state index is 10.4. The van der Waals surface area contributed by atoms with E-state index in [1.54, 1.807) is 6.07 Å². The normalized spacial score (nSPS) is 9.80. The second kappa shape index (κ2) is 3.43. The summed E-state index contributed by atoms with van der Waals surface area (Å²) < 4.78 is 1.22. The molecule has 0 radical (unpaired) electrons. The molecule has 0 unspecified atom stereocenters. The van der Waals surface area contributed by atoms with E-state index >= 15 is 0 Å². The number of hydrogen-bond acceptors (Lipinski definition) is 7. The van der Waals surface area contributed by atoms with Gasteiger partial charge in [-0.25, -0.2) is 9.97 Å². The summed E-state index contributed by atoms with van der Waals surface area (Å²) >= 11 is 0.859. The van der Waals surface area contributed by atoms with Gasteiger partial charge in [0.25, 0.3) is 5.82 Å². The highest BCUT2D eigenvalue weighted by Crippen LogP contribution is 2.23. The smallest absolute Gasteiger partial charge is 0.257 e. The third-order valence-electron chi connectivity index (χ3n) is 1.45. The monoisotopic (exact) mass is 222 g/mol. The lowest BCUT2D eigenvalue weighted by molar-refractivity contribution is -0.380. The third kappa shape index (κ3) is 1.65. The number of nitriles is 1. The number of hydrogen-bond donors (Lipinski definition) is 0. The van der Waals surface area contributed by atoms with Gasteiger partial charge in [-0.15, -0.1) is 5.10 Å². The van der Waals surface area contributed by atoms with Gasteiger partial charge in [0.2, 0.25) is 5.13 Å². The van der Waals surface area contributed by atoms with Crippen LogP contribution in [0, 0.1) is 21.4 Å². The van der Waals surface area contributed by atoms with Gasteiger partial charge in [-0.2, -0.15) is 9.94 Å². The summed E-state index contributed by atoms with van der Waals surface area (Å²) in [5.74, 6) is -0.00662. The Labute approximate surface area is 86.6 Å². The zero-order valence-electron chi connectivity index (χ0n) is 7.06. The Morgan fingerprint density at radius 1 is 1.60 bits per heavy atom. The molecule has 2 heterocycles. The summed E-state index contributed by atoms with van der Waals surface area (Å²) in [7, 11) is 0. The fourth-order valence-electron chi connectivity index (χ4n) is 0.853. The minimum absolute atomic E-state index is 0.00662. The van der Waals surface area contributed by atoms with Crippen molar-refractivity contribution in [3.63, 3.8) is 0 Å². The summed E-state index contributed by atoms with van der Waals surface area (Å²) in [5, 5.41) is 22.8. The van der Waals surface area contributed by atoms with E-state index in [0.717, 1.165) is 17.5 Å². The van der Waals surface area contributed by atoms with E-state index in [0.29, 0.717) is 5.13 Å². The second-order valence-electron chi connectivity index (χ2n) is 2.36. The van der Waals surface area contributed by atoms with Crippen molar-refractivity contribution >= 4 is 16.3 Å². The number of nitrogens with zero attached hydrogens (tertiary/aromatic N) is 6. The molecule has 0 spiro atoms. The molecule has 0 aliphatic heterocycles. The highest BCUT2D eigenvalue weighted by atomic mass is 32.1. The fourth-order valence-corrected chi connectivity index (χ4v) is 1.51. The molecule has 0 bridgehead atoms. The van der Waals surface area contributed by atoms with Crippen molar-refractivity contribution in [2.24, 2.45) is 0 Å². The maximum absolute atomic E-state index is 10.4. The van der Waals surface area contributed by atoms with E-state index in [2.05, 4.69) is 15.1 Å². The topological polar surface area (TPSA) is 111 Å². The molecule has 74 valence electrons. The van der Waals surface area contributed by atoms with Crippen LogP contribution in [0.15, 0.2) is 12.5 Å². The zero-order valence-corrected chi connectivity index (χ0v) is 7.88. The summed E-state index contributed by atoms with van der Waals surface area (Å²) in [6, 6.07) is 1.75. The van der Waals surface area contributed by atoms with Gasteiger partial charge >= 0.3 is 5.00 Å². The van der Waals surface area contributed by atoms with Crippen molar-refractivity contribution in [2.45, 2.75) is 0 Å². The summed E-state index contributed by atoms with van der Waals surface area (Å²) in [6.07, 6.45) is 2.41. The summed E-state index contributed by atoms with van der Waals surface area (Å²) in [5.41, 5.74) is 0. The third-order valence-corrected chi connectivity index (χ3v) is 2.39. The van der Waals surface area contributed by atoms with E-state index < -0.39 is 4.92 Å². The van der Waals surface area contributed by atoms with Gasteiger partial charge in [-0.3, -0.25) is 10.1 Å². The van der Waals surface area contributed by atoms with Crippen LogP contribution in [0.5, 0.6) is 0 Å². The van der Waals surface area contributed by atoms with Crippen LogP contribution < -0.4 is 0 Å². The largest absolute Gasteiger partial charge is 0.345 e. The highest BCUT2D eigenvalue weighted by molar-refractivity contribution is 7.17. The van der Waals surface area contributed by atoms with Crippen molar-refractivity contribution < 1.29 is 4.92 Å². The second-order valence-corrected chi connectivity index (χ2v) is 3.35. The van der Waals surface area contributed by atoms with Crippen LogP contribution in [0.1, 0.15) is 5.82 Å². The zero-order chi connectivity index (χ0) is 10.8. The SMILES string of the molecule is N#Cc1ncn(-c2ncc([N+](=O)[O-])s2)n1. The van der Waals surface area contributed by atoms with Gasteiger partial charge in [-0.1, -0.05) is 0 Å². The number of rotatable bonds is 2. The van der Waals surface area contributed by atoms with Gasteiger partial charge in [-0.05, 0) is 11.3 Å². The molecule has 2 rings (SSSR count). The predicted molar refractivity (Wildman–Crippen MR) is 48.4 cm³/mol. The van der Waals surface area contributed by atoms with Gasteiger partial charge in [0.15, 0.2) is 0 Å². The van der Waals surface area contributed by atoms with Crippen molar-refractivity contribution in [3.8, 4) is 11.2 Å². The average molecular weight is 222 g/mol. The molecule has 2 aromatic heterocycles. The predicted octanol–water partition coefficient (Wildman–Crippen LogP) is 0.504. The van der Waals surface area contributed by atoms with Crippen LogP contribution in [0.2, 0.25) is 0 Å². The lowest BCUT2D eigenvalue weighted by Crippen LogP contribution is -1.93. The lowest BCUT2D eigenvalue weighted by Gasteiger charge is -1.88. The number of aromatic nitrogens is 4. The quantitative estimate of drug-likeness (QED) is 0.540. The first-order valence-corrected chi connectivity index (χ1v) is 4.44. The molecule has 2 aromatic rings. The van der Waals surface area contributed by atoms with E-state index in [1.807, 2.05) is 0 Å². The Bertz CT molecular complexity index is 552. The molecule has 0 N–H and O–H groups in total. The van der Waals surface area contributed by atoms with Crippen molar-refractivity contribution in [1.29, 1.82) is 5.26 Å². The van der Waals surface area contributed by atoms with Crippen LogP contribution in [0.25, 0.3) is 5.13 Å². The fraction of sp³-hybridized carbons (Fsp3) is 0. The number of thiazole rings is 1. The summed E-state index contributed by atoms with van der Waals surface area (Å²) in [6.45, 7) is 0. The van der Waals surface area contributed by atoms with Crippen LogP contribution in [-0.4, -0.2) is 24.7 Å². The molecular formula is C6H2N6O2S. The van der Waals surface area contributed by atoms with E-state index in [1.165, 1.54) is 11.0 Å². The molecule has 8 nitrogen and oxygen atoms in total. The Balaban J connectivity index is 2.38. The molecule has 0 fully saturated rings. The van der Waals surface area contributed by atoms with Crippen LogP contribution in [0.4, 0.5) is 5.00 Å². The lowest BCUT2D eigenvalue weighted by atomic mass is 10.7. The Hall–Kier alpha value is -2.34. The van der Waals surface area contributed by atoms with Crippen LogP contribution in [-0.2, 0) is 0 Å². The maximum Gasteiger partial charge on any atom is 0.345 e. The molecule has 0 aliphatic carbocycles. The first kappa shape index (κ1) is 9.22. The van der Waals surface area contributed by atoms with Gasteiger partial charge < -0.3 is 0 Å². The summed E-state index contributed by atoms with van der Waals surface area (Å²) in [4.78, 5) is 17.3. The van der Waals surface area contributed by atoms with E-state index in [9.17, 15) is 10.1 Å². The first-order chi connectivity index (χ1) is 7.20. The molecule has 15 heavy (non-hydrogen) atoms. The molecule has 0 saturated carbocycles. The van der Waals surface area contributed by atoms with E-state index in [4.69, 9.17) is 5.26 Å². The minimum atomic E-state index is -0.538.